The van der Waals surface area contributed by atoms with Crippen LogP contribution in [0, 0.1) is 5.92 Å². The fourth-order valence-corrected chi connectivity index (χ4v) is 1.47. The lowest BCUT2D eigenvalue weighted by molar-refractivity contribution is -0.147. The van der Waals surface area contributed by atoms with Crippen LogP contribution in [0.4, 0.5) is 0 Å². The van der Waals surface area contributed by atoms with Crippen molar-refractivity contribution in [3.8, 4) is 0 Å². The first-order valence-electron chi connectivity index (χ1n) is 5.32. The number of hydrogen-bond donors (Lipinski definition) is 2. The summed E-state index contributed by atoms with van der Waals surface area (Å²) in [6.45, 7) is 4.31. The van der Waals surface area contributed by atoms with Gasteiger partial charge in [-0.05, 0) is 25.2 Å². The van der Waals surface area contributed by atoms with Gasteiger partial charge in [-0.2, -0.15) is 0 Å². The molecule has 1 aliphatic rings. The van der Waals surface area contributed by atoms with Crippen molar-refractivity contribution < 1.29 is 14.9 Å². The van der Waals surface area contributed by atoms with Crippen LogP contribution < -0.4 is 0 Å². The van der Waals surface area contributed by atoms with E-state index in [1.165, 1.54) is 20.0 Å². The Labute approximate surface area is 91.2 Å². The molecule has 1 aliphatic carbocycles. The Hall–Kier alpha value is -0.580. The van der Waals surface area contributed by atoms with E-state index < -0.39 is 12.4 Å². The average Bonchev–Trinajstić information content (AvgIpc) is 3.00. The Morgan fingerprint density at radius 2 is 2.13 bits per heavy atom. The van der Waals surface area contributed by atoms with Crippen LogP contribution in [-0.4, -0.2) is 48.2 Å². The summed E-state index contributed by atoms with van der Waals surface area (Å²) in [6.07, 6.45) is 1.55. The van der Waals surface area contributed by atoms with E-state index in [9.17, 15) is 10.2 Å². The van der Waals surface area contributed by atoms with E-state index in [2.05, 4.69) is 11.3 Å². The molecule has 4 heteroatoms. The molecule has 0 bridgehead atoms. The SMILES string of the molecule is C=C(CC1CC1)N(C)C[C@H](O)C(O)OC. The minimum atomic E-state index is -1.12. The van der Waals surface area contributed by atoms with Crippen LogP contribution in [0.1, 0.15) is 19.3 Å². The lowest BCUT2D eigenvalue weighted by Gasteiger charge is -2.26. The smallest absolute Gasteiger partial charge is 0.182 e. The molecule has 0 aromatic heterocycles. The maximum Gasteiger partial charge on any atom is 0.182 e. The third kappa shape index (κ3) is 4.20. The van der Waals surface area contributed by atoms with Crippen molar-refractivity contribution in [2.75, 3.05) is 20.7 Å². The second-order valence-corrected chi connectivity index (χ2v) is 4.29. The summed E-state index contributed by atoms with van der Waals surface area (Å²) in [5.41, 5.74) is 1.01. The average molecular weight is 215 g/mol. The van der Waals surface area contributed by atoms with Crippen molar-refractivity contribution in [3.05, 3.63) is 12.3 Å². The van der Waals surface area contributed by atoms with Crippen LogP contribution in [0.15, 0.2) is 12.3 Å². The number of hydrogen-bond acceptors (Lipinski definition) is 4. The standard InChI is InChI=1S/C11H21NO3/c1-8(6-9-4-5-9)12(2)7-10(13)11(14)15-3/h9-11,13-14H,1,4-7H2,2-3H3/t10-,11?/m0/s1. The van der Waals surface area contributed by atoms with Gasteiger partial charge in [0.1, 0.15) is 6.10 Å². The highest BCUT2D eigenvalue weighted by atomic mass is 16.6. The van der Waals surface area contributed by atoms with E-state index in [-0.39, 0.29) is 0 Å². The van der Waals surface area contributed by atoms with Gasteiger partial charge < -0.3 is 19.8 Å². The van der Waals surface area contributed by atoms with Crippen molar-refractivity contribution >= 4 is 0 Å². The highest BCUT2D eigenvalue weighted by Gasteiger charge is 2.24. The molecule has 0 aromatic carbocycles. The van der Waals surface area contributed by atoms with E-state index in [0.29, 0.717) is 6.54 Å². The summed E-state index contributed by atoms with van der Waals surface area (Å²) in [5, 5.41) is 18.8. The van der Waals surface area contributed by atoms with E-state index in [1.807, 2.05) is 11.9 Å². The summed E-state index contributed by atoms with van der Waals surface area (Å²) >= 11 is 0. The van der Waals surface area contributed by atoms with Gasteiger partial charge in [-0.15, -0.1) is 0 Å². The molecule has 0 saturated heterocycles. The monoisotopic (exact) mass is 215 g/mol. The van der Waals surface area contributed by atoms with Gasteiger partial charge in [0.2, 0.25) is 0 Å². The molecule has 1 unspecified atom stereocenters. The predicted molar refractivity (Wildman–Crippen MR) is 58.1 cm³/mol. The summed E-state index contributed by atoms with van der Waals surface area (Å²) in [7, 11) is 3.24. The Morgan fingerprint density at radius 3 is 2.60 bits per heavy atom. The number of rotatable bonds is 7. The highest BCUT2D eigenvalue weighted by molar-refractivity contribution is 4.98. The fourth-order valence-electron chi connectivity index (χ4n) is 1.47. The summed E-state index contributed by atoms with van der Waals surface area (Å²) in [4.78, 5) is 1.88. The largest absolute Gasteiger partial charge is 0.386 e. The molecular formula is C11H21NO3. The molecule has 2 atom stereocenters. The maximum absolute atomic E-state index is 9.53. The normalized spacial score (nSPS) is 19.7. The van der Waals surface area contributed by atoms with E-state index in [1.54, 1.807) is 0 Å². The van der Waals surface area contributed by atoms with E-state index >= 15 is 0 Å². The zero-order chi connectivity index (χ0) is 11.4. The molecule has 1 saturated carbocycles. The lowest BCUT2D eigenvalue weighted by atomic mass is 10.2. The first kappa shape index (κ1) is 12.5. The van der Waals surface area contributed by atoms with Crippen LogP contribution in [0.2, 0.25) is 0 Å². The molecule has 0 radical (unpaired) electrons. The first-order valence-corrected chi connectivity index (χ1v) is 5.32. The number of methoxy groups -OCH3 is 1. The fraction of sp³-hybridized carbons (Fsp3) is 0.818. The van der Waals surface area contributed by atoms with Crippen molar-refractivity contribution in [2.24, 2.45) is 5.92 Å². The second-order valence-electron chi connectivity index (χ2n) is 4.29. The molecule has 0 amide bonds. The first-order chi connectivity index (χ1) is 7.04. The van der Waals surface area contributed by atoms with Gasteiger partial charge in [-0.25, -0.2) is 0 Å². The number of aliphatic hydroxyl groups is 2. The van der Waals surface area contributed by atoms with Crippen LogP contribution in [-0.2, 0) is 4.74 Å². The number of nitrogens with zero attached hydrogens (tertiary/aromatic N) is 1. The number of ether oxygens (including phenoxy) is 1. The maximum atomic E-state index is 9.53. The lowest BCUT2D eigenvalue weighted by Crippen LogP contribution is -2.37. The van der Waals surface area contributed by atoms with Gasteiger partial charge in [0, 0.05) is 26.4 Å². The molecule has 0 spiro atoms. The van der Waals surface area contributed by atoms with Crippen molar-refractivity contribution in [3.63, 3.8) is 0 Å². The zero-order valence-corrected chi connectivity index (χ0v) is 9.52. The van der Waals surface area contributed by atoms with Gasteiger partial charge in [0.25, 0.3) is 0 Å². The number of likely N-dealkylation sites (N-methyl/N-ethyl adjacent to an activating group) is 1. The minimum Gasteiger partial charge on any atom is -0.386 e. The van der Waals surface area contributed by atoms with E-state index in [4.69, 9.17) is 0 Å². The van der Waals surface area contributed by atoms with Gasteiger partial charge in [-0.3, -0.25) is 0 Å². The molecule has 4 nitrogen and oxygen atoms in total. The second kappa shape index (κ2) is 5.49. The zero-order valence-electron chi connectivity index (χ0n) is 9.52. The molecule has 15 heavy (non-hydrogen) atoms. The molecule has 2 N–H and O–H groups in total. The van der Waals surface area contributed by atoms with Crippen LogP contribution in [0.3, 0.4) is 0 Å². The predicted octanol–water partition coefficient (Wildman–Crippen LogP) is 0.558. The Bertz CT molecular complexity index is 216. The van der Waals surface area contributed by atoms with Crippen molar-refractivity contribution in [1.29, 1.82) is 0 Å². The topological polar surface area (TPSA) is 52.9 Å². The minimum absolute atomic E-state index is 0.348. The van der Waals surface area contributed by atoms with Crippen molar-refractivity contribution in [1.82, 2.24) is 4.90 Å². The summed E-state index contributed by atoms with van der Waals surface area (Å²) in [6, 6.07) is 0. The van der Waals surface area contributed by atoms with E-state index in [0.717, 1.165) is 18.0 Å². The number of allylic oxidation sites excluding steroid dienone is 1. The quantitative estimate of drug-likeness (QED) is 0.609. The molecule has 1 rings (SSSR count). The van der Waals surface area contributed by atoms with Gasteiger partial charge in [0.05, 0.1) is 0 Å². The summed E-state index contributed by atoms with van der Waals surface area (Å²) in [5.74, 6) is 0.782. The molecule has 0 aliphatic heterocycles. The Morgan fingerprint density at radius 1 is 1.53 bits per heavy atom. The third-order valence-electron chi connectivity index (χ3n) is 2.79. The van der Waals surface area contributed by atoms with Crippen LogP contribution in [0.5, 0.6) is 0 Å². The highest BCUT2D eigenvalue weighted by Crippen LogP contribution is 2.35. The van der Waals surface area contributed by atoms with Gasteiger partial charge >= 0.3 is 0 Å². The number of aliphatic hydroxyl groups excluding tert-OH is 2. The van der Waals surface area contributed by atoms with Crippen molar-refractivity contribution in [2.45, 2.75) is 31.7 Å². The molecule has 1 fully saturated rings. The summed E-state index contributed by atoms with van der Waals surface area (Å²) < 4.78 is 4.64. The van der Waals surface area contributed by atoms with Crippen LogP contribution in [0.25, 0.3) is 0 Å². The Kier molecular flexibility index (Phi) is 4.57. The molecule has 0 heterocycles. The van der Waals surface area contributed by atoms with Gasteiger partial charge in [-0.1, -0.05) is 6.58 Å². The van der Waals surface area contributed by atoms with Crippen LogP contribution >= 0.6 is 0 Å². The molecule has 88 valence electrons. The molecular weight excluding hydrogens is 194 g/mol. The third-order valence-corrected chi connectivity index (χ3v) is 2.79. The van der Waals surface area contributed by atoms with Gasteiger partial charge in [0.15, 0.2) is 6.29 Å². The molecule has 0 aromatic rings. The Balaban J connectivity index is 2.26.